The van der Waals surface area contributed by atoms with Crippen LogP contribution in [0, 0.1) is 0 Å². The lowest BCUT2D eigenvalue weighted by atomic mass is 9.98. The second-order valence-electron chi connectivity index (χ2n) is 34.7. The Hall–Kier alpha value is -17.5. The fraction of sp³-hybridized carbons (Fsp3) is 0. The Labute approximate surface area is 746 Å². The third-order valence-electron chi connectivity index (χ3n) is 27.7. The first-order chi connectivity index (χ1) is 64.5. The summed E-state index contributed by atoms with van der Waals surface area (Å²) in [7, 11) is 0. The molecule has 0 N–H and O–H groups in total. The zero-order valence-electron chi connectivity index (χ0n) is 70.3. The number of hydrogen-bond donors (Lipinski definition) is 0. The van der Waals surface area contributed by atoms with Crippen molar-refractivity contribution in [3.05, 3.63) is 449 Å². The Morgan fingerprint density at radius 3 is 0.723 bits per heavy atom. The highest BCUT2D eigenvalue weighted by atomic mass is 15.0. The largest absolute Gasteiger partial charge is 0.309 e. The van der Waals surface area contributed by atoms with Crippen LogP contribution in [0.4, 0.5) is 0 Å². The summed E-state index contributed by atoms with van der Waals surface area (Å²) < 4.78 is 14.5. The molecule has 28 rings (SSSR count). The summed E-state index contributed by atoms with van der Waals surface area (Å²) in [5.74, 6) is 0.652. The van der Waals surface area contributed by atoms with Gasteiger partial charge in [0, 0.05) is 121 Å². The molecular formula is C122H74N8. The van der Waals surface area contributed by atoms with Gasteiger partial charge in [0.05, 0.1) is 77.6 Å². The molecule has 0 aliphatic heterocycles. The summed E-state index contributed by atoms with van der Waals surface area (Å²) in [4.78, 5) is 11.6. The molecule has 0 saturated heterocycles. The number of benzene rings is 20. The molecule has 0 bridgehead atoms. The number of nitrogens with zero attached hydrogens (tertiary/aromatic N) is 8. The predicted molar refractivity (Wildman–Crippen MR) is 543 cm³/mol. The molecule has 8 nitrogen and oxygen atoms in total. The van der Waals surface area contributed by atoms with Crippen molar-refractivity contribution in [2.45, 2.75) is 0 Å². The van der Waals surface area contributed by atoms with E-state index in [9.17, 15) is 0 Å². The minimum Gasteiger partial charge on any atom is -0.309 e. The van der Waals surface area contributed by atoms with Crippen LogP contribution < -0.4 is 0 Å². The molecule has 20 aromatic carbocycles. The van der Waals surface area contributed by atoms with Gasteiger partial charge < -0.3 is 27.4 Å². The molecule has 130 heavy (non-hydrogen) atoms. The van der Waals surface area contributed by atoms with Gasteiger partial charge in [0.2, 0.25) is 0 Å². The Bertz CT molecular complexity index is 9040. The molecule has 8 heteroatoms. The Morgan fingerprint density at radius 1 is 0.146 bits per heavy atom. The van der Waals surface area contributed by atoms with Crippen molar-refractivity contribution < 1.29 is 0 Å². The maximum atomic E-state index is 5.85. The maximum absolute atomic E-state index is 5.85. The van der Waals surface area contributed by atoms with Gasteiger partial charge in [-0.1, -0.05) is 255 Å². The summed E-state index contributed by atoms with van der Waals surface area (Å²) in [5.41, 5.74) is 36.7. The lowest BCUT2D eigenvalue weighted by Gasteiger charge is -2.15. The Kier molecular flexibility index (Phi) is 15.5. The second kappa shape index (κ2) is 28.0. The van der Waals surface area contributed by atoms with Gasteiger partial charge in [0.1, 0.15) is 0 Å². The van der Waals surface area contributed by atoms with E-state index in [0.717, 1.165) is 151 Å². The second-order valence-corrected chi connectivity index (χ2v) is 34.7. The van der Waals surface area contributed by atoms with Gasteiger partial charge >= 0.3 is 0 Å². The summed E-state index contributed by atoms with van der Waals surface area (Å²) >= 11 is 0. The van der Waals surface area contributed by atoms with E-state index >= 15 is 0 Å². The van der Waals surface area contributed by atoms with E-state index in [-0.39, 0.29) is 0 Å². The number of para-hydroxylation sites is 8. The van der Waals surface area contributed by atoms with Crippen molar-refractivity contribution in [1.29, 1.82) is 0 Å². The Morgan fingerprint density at radius 2 is 0.392 bits per heavy atom. The molecule has 602 valence electrons. The van der Waals surface area contributed by atoms with Gasteiger partial charge in [0.25, 0.3) is 0 Å². The lowest BCUT2D eigenvalue weighted by Crippen LogP contribution is -2.00. The van der Waals surface area contributed by atoms with E-state index in [4.69, 9.17) is 9.97 Å². The van der Waals surface area contributed by atoms with Gasteiger partial charge in [0.15, 0.2) is 5.82 Å². The minimum absolute atomic E-state index is 0.652. The molecule has 0 spiro atoms. The number of fused-ring (bicyclic) bond motifs is 21. The number of aromatic nitrogens is 8. The normalized spacial score (nSPS) is 12.2. The third-order valence-corrected chi connectivity index (χ3v) is 27.7. The number of hydrogen-bond acceptors (Lipinski definition) is 2. The van der Waals surface area contributed by atoms with E-state index in [0.29, 0.717) is 5.82 Å². The summed E-state index contributed by atoms with van der Waals surface area (Å²) in [6, 6.07) is 166. The van der Waals surface area contributed by atoms with E-state index in [1.165, 1.54) is 109 Å². The molecule has 1 aliphatic carbocycles. The van der Waals surface area contributed by atoms with Crippen molar-refractivity contribution in [3.8, 4) is 124 Å². The minimum atomic E-state index is 0.652. The summed E-state index contributed by atoms with van der Waals surface area (Å²) in [6.45, 7) is 0. The highest BCUT2D eigenvalue weighted by molar-refractivity contribution is 6.20. The van der Waals surface area contributed by atoms with Crippen LogP contribution in [0.15, 0.2) is 449 Å². The fourth-order valence-electron chi connectivity index (χ4n) is 21.9. The van der Waals surface area contributed by atoms with E-state index in [1.807, 2.05) is 0 Å². The molecule has 7 heterocycles. The molecular weight excluding hydrogens is 1580 g/mol. The summed E-state index contributed by atoms with van der Waals surface area (Å²) in [6.07, 6.45) is 0. The van der Waals surface area contributed by atoms with Crippen molar-refractivity contribution in [2.24, 2.45) is 0 Å². The van der Waals surface area contributed by atoms with Crippen molar-refractivity contribution in [3.63, 3.8) is 0 Å². The highest BCUT2D eigenvalue weighted by Gasteiger charge is 2.30. The molecule has 0 fully saturated rings. The SMILES string of the molecule is c1ccc(-n2c3ccccc3c3cc(-c4ccc5c(c4)c4cc(-c6ccc7c(c6)c6ccccc6n7-c6ccccc6)ccc4n5-c4ccc(-c5nc(-c6cccc(-n7c8ccc(-c9ccc%10c(c9)c9ccccc9n%10-c9ccccc9)cc8c8cc(-c9ccc%10c(c9)c9ccccc9n%10-c9ccccc9)ccc87)c6)nc6c5-c5cccc7cccc-6c57)cc4)ccc32)cc1. The average molecular weight is 1650 g/mol. The van der Waals surface area contributed by atoms with Crippen LogP contribution in [0.3, 0.4) is 0 Å². The fourth-order valence-corrected chi connectivity index (χ4v) is 21.9. The quantitative estimate of drug-likeness (QED) is 0.122. The zero-order chi connectivity index (χ0) is 84.9. The van der Waals surface area contributed by atoms with Gasteiger partial charge in [-0.15, -0.1) is 0 Å². The smallest absolute Gasteiger partial charge is 0.160 e. The Balaban J connectivity index is 0.594. The standard InChI is InChI=1S/C122H74N8/c1-5-27-86(28-6-1)125-106-42-17-13-36-92(106)98-67-77(48-58-110(98)125)81-52-62-114-102(71-81)103-72-82(78-49-59-111-99(68-78)93-37-14-18-43-107(93)126(111)87-29-7-2-8-30-87)53-63-115(103)129(114)90-56-46-76(47-57-90)120-119-96-40-22-24-75-25-23-41-97(118(75)96)121(119)124-122(123-120)85-26-21-35-91(66-85)130-116-64-54-83(79-50-60-112-100(69-79)94-38-15-19-44-108(94)127(112)88-31-9-3-10-32-88)73-104(116)105-74-84(55-65-117(105)130)80-51-61-113-101(70-80)95-39-16-20-45-109(95)128(113)89-33-11-4-12-34-89/h1-74H. The molecule has 1 aliphatic rings. The number of rotatable bonds is 12. The topological polar surface area (TPSA) is 55.4 Å². The molecule has 0 amide bonds. The monoisotopic (exact) mass is 1650 g/mol. The zero-order valence-corrected chi connectivity index (χ0v) is 70.3. The lowest BCUT2D eigenvalue weighted by molar-refractivity contribution is 1.16. The van der Waals surface area contributed by atoms with Crippen molar-refractivity contribution in [1.82, 2.24) is 37.4 Å². The van der Waals surface area contributed by atoms with Gasteiger partial charge in [-0.05, 0) is 255 Å². The molecule has 7 aromatic heterocycles. The van der Waals surface area contributed by atoms with E-state index < -0.39 is 0 Å². The van der Waals surface area contributed by atoms with Crippen LogP contribution >= 0.6 is 0 Å². The summed E-state index contributed by atoms with van der Waals surface area (Å²) in [5, 5.41) is 16.8. The van der Waals surface area contributed by atoms with Gasteiger partial charge in [-0.25, -0.2) is 9.97 Å². The highest BCUT2D eigenvalue weighted by Crippen LogP contribution is 2.52. The van der Waals surface area contributed by atoms with Crippen molar-refractivity contribution in [2.75, 3.05) is 0 Å². The maximum Gasteiger partial charge on any atom is 0.160 e. The first-order valence-electron chi connectivity index (χ1n) is 44.7. The van der Waals surface area contributed by atoms with Crippen LogP contribution in [0.2, 0.25) is 0 Å². The first-order valence-corrected chi connectivity index (χ1v) is 44.7. The van der Waals surface area contributed by atoms with Crippen LogP contribution in [-0.2, 0) is 0 Å². The third kappa shape index (κ3) is 10.8. The van der Waals surface area contributed by atoms with Crippen LogP contribution in [-0.4, -0.2) is 37.4 Å². The van der Waals surface area contributed by atoms with Crippen molar-refractivity contribution >= 4 is 142 Å². The van der Waals surface area contributed by atoms with Crippen LogP contribution in [0.1, 0.15) is 0 Å². The molecule has 0 radical (unpaired) electrons. The van der Waals surface area contributed by atoms with Crippen LogP contribution in [0.25, 0.3) is 265 Å². The molecule has 27 aromatic rings. The van der Waals surface area contributed by atoms with E-state index in [2.05, 4.69) is 476 Å². The predicted octanol–water partition coefficient (Wildman–Crippen LogP) is 31.9. The molecule has 0 saturated carbocycles. The van der Waals surface area contributed by atoms with Gasteiger partial charge in [-0.3, -0.25) is 0 Å². The first kappa shape index (κ1) is 71.9. The van der Waals surface area contributed by atoms with Crippen LogP contribution in [0.5, 0.6) is 0 Å². The average Bonchev–Trinajstić information content (AvgIpc) is 1.43. The molecule has 0 atom stereocenters. The molecule has 0 unspecified atom stereocenters. The van der Waals surface area contributed by atoms with E-state index in [1.54, 1.807) is 0 Å². The van der Waals surface area contributed by atoms with Gasteiger partial charge in [-0.2, -0.15) is 0 Å².